The topological polar surface area (TPSA) is 109 Å². The summed E-state index contributed by atoms with van der Waals surface area (Å²) in [7, 11) is 0. The molecule has 0 spiro atoms. The molecule has 8 heteroatoms. The predicted molar refractivity (Wildman–Crippen MR) is 104 cm³/mol. The highest BCUT2D eigenvalue weighted by Gasteiger charge is 2.12. The predicted octanol–water partition coefficient (Wildman–Crippen LogP) is 3.20. The van der Waals surface area contributed by atoms with E-state index in [9.17, 15) is 14.9 Å². The molecule has 0 aliphatic carbocycles. The number of nitriles is 1. The van der Waals surface area contributed by atoms with Crippen molar-refractivity contribution in [3.05, 3.63) is 53.6 Å². The van der Waals surface area contributed by atoms with Gasteiger partial charge in [0.15, 0.2) is 0 Å². The van der Waals surface area contributed by atoms with Gasteiger partial charge in [-0.25, -0.2) is 4.79 Å². The maximum Gasteiger partial charge on any atom is 0.331 e. The van der Waals surface area contributed by atoms with E-state index in [4.69, 9.17) is 9.84 Å². The minimum Gasteiger partial charge on any atom is -0.491 e. The molecule has 0 fully saturated rings. The maximum atomic E-state index is 12.2. The van der Waals surface area contributed by atoms with Gasteiger partial charge in [-0.1, -0.05) is 16.9 Å². The van der Waals surface area contributed by atoms with Crippen molar-refractivity contribution in [2.75, 3.05) is 13.2 Å². The van der Waals surface area contributed by atoms with Crippen LogP contribution in [0.1, 0.15) is 29.8 Å². The van der Waals surface area contributed by atoms with Gasteiger partial charge in [-0.05, 0) is 49.4 Å². The van der Waals surface area contributed by atoms with E-state index >= 15 is 0 Å². The quantitative estimate of drug-likeness (QED) is 0.315. The van der Waals surface area contributed by atoms with E-state index in [2.05, 4.69) is 16.1 Å². The van der Waals surface area contributed by atoms with Gasteiger partial charge in [0.1, 0.15) is 24.1 Å². The number of hydrogen-bond acceptors (Lipinski definition) is 8. The normalized spacial score (nSPS) is 10.9. The molecule has 0 aromatic heterocycles. The zero-order chi connectivity index (χ0) is 20.5. The molecule has 0 saturated carbocycles. The molecule has 1 N–H and O–H groups in total. The molecule has 7 nitrogen and oxygen atoms in total. The Morgan fingerprint density at radius 2 is 1.89 bits per heavy atom. The lowest BCUT2D eigenvalue weighted by atomic mass is 10.1. The molecule has 0 aliphatic heterocycles. The van der Waals surface area contributed by atoms with E-state index in [-0.39, 0.29) is 24.7 Å². The van der Waals surface area contributed by atoms with Crippen LogP contribution in [0.5, 0.6) is 5.75 Å². The minimum absolute atomic E-state index is 0.0702. The van der Waals surface area contributed by atoms with E-state index in [1.807, 2.05) is 0 Å². The van der Waals surface area contributed by atoms with Gasteiger partial charge < -0.3 is 14.7 Å². The highest BCUT2D eigenvalue weighted by atomic mass is 32.2. The van der Waals surface area contributed by atoms with Crippen molar-refractivity contribution < 1.29 is 24.3 Å². The molecule has 144 valence electrons. The smallest absolute Gasteiger partial charge is 0.331 e. The molecule has 2 rings (SSSR count). The largest absolute Gasteiger partial charge is 0.491 e. The van der Waals surface area contributed by atoms with Crippen molar-refractivity contribution >= 4 is 29.2 Å². The van der Waals surface area contributed by atoms with Crippen LogP contribution in [-0.2, 0) is 9.63 Å². The second-order valence-electron chi connectivity index (χ2n) is 5.56. The molecule has 0 heterocycles. The summed E-state index contributed by atoms with van der Waals surface area (Å²) in [6.07, 6.45) is 0. The van der Waals surface area contributed by atoms with Gasteiger partial charge in [-0.15, -0.1) is 0 Å². The SMILES string of the molecule is CC(=O)O/N=C(\C)C(=O)c1ccc(Sc2ccc(OCCO)cc2C#N)cc1. The Labute approximate surface area is 166 Å². The Kier molecular flexibility index (Phi) is 7.75. The summed E-state index contributed by atoms with van der Waals surface area (Å²) in [5.74, 6) is -0.431. The zero-order valence-electron chi connectivity index (χ0n) is 15.3. The Bertz CT molecular complexity index is 933. The van der Waals surface area contributed by atoms with Gasteiger partial charge >= 0.3 is 5.97 Å². The third-order valence-electron chi connectivity index (χ3n) is 3.42. The fourth-order valence-electron chi connectivity index (χ4n) is 2.12. The second kappa shape index (κ2) is 10.3. The molecule has 0 unspecified atom stereocenters. The number of carbonyl (C=O) groups is 2. The van der Waals surface area contributed by atoms with Crippen LogP contribution in [0.2, 0.25) is 0 Å². The molecule has 0 aliphatic rings. The number of oxime groups is 1. The van der Waals surface area contributed by atoms with Gasteiger partial charge in [-0.2, -0.15) is 5.26 Å². The lowest BCUT2D eigenvalue weighted by molar-refractivity contribution is -0.140. The van der Waals surface area contributed by atoms with E-state index in [0.29, 0.717) is 16.9 Å². The molecular formula is C20H18N2O5S. The van der Waals surface area contributed by atoms with Crippen LogP contribution in [0.15, 0.2) is 57.4 Å². The molecule has 0 amide bonds. The number of nitrogens with zero attached hydrogens (tertiary/aromatic N) is 2. The highest BCUT2D eigenvalue weighted by molar-refractivity contribution is 7.99. The minimum atomic E-state index is -0.597. The number of rotatable bonds is 8. The number of benzene rings is 2. The van der Waals surface area contributed by atoms with E-state index in [0.717, 1.165) is 9.79 Å². The number of ether oxygens (including phenoxy) is 1. The van der Waals surface area contributed by atoms with Crippen LogP contribution in [0.3, 0.4) is 0 Å². The number of carbonyl (C=O) groups excluding carboxylic acids is 2. The summed E-state index contributed by atoms with van der Waals surface area (Å²) in [5.41, 5.74) is 0.928. The van der Waals surface area contributed by atoms with Crippen LogP contribution in [0.25, 0.3) is 0 Å². The Hall–Kier alpha value is -3.15. The zero-order valence-corrected chi connectivity index (χ0v) is 16.2. The first-order chi connectivity index (χ1) is 13.4. The molecule has 28 heavy (non-hydrogen) atoms. The van der Waals surface area contributed by atoms with Crippen molar-refractivity contribution in [3.63, 3.8) is 0 Å². The van der Waals surface area contributed by atoms with Crippen molar-refractivity contribution in [2.24, 2.45) is 5.16 Å². The fraction of sp³-hybridized carbons (Fsp3) is 0.200. The molecule has 2 aromatic carbocycles. The summed E-state index contributed by atoms with van der Waals surface area (Å²) < 4.78 is 5.31. The molecule has 0 saturated heterocycles. The standard InChI is InChI=1S/C20H18N2O5S/c1-13(22-27-14(2)24)20(25)15-3-6-18(7-4-15)28-19-8-5-17(26-10-9-23)11-16(19)12-21/h3-8,11,23H,9-10H2,1-2H3/b22-13+. The third-order valence-corrected chi connectivity index (χ3v) is 4.50. The number of aliphatic hydroxyl groups is 1. The maximum absolute atomic E-state index is 12.2. The van der Waals surface area contributed by atoms with Crippen molar-refractivity contribution in [1.29, 1.82) is 5.26 Å². The van der Waals surface area contributed by atoms with Crippen LogP contribution >= 0.6 is 11.8 Å². The van der Waals surface area contributed by atoms with E-state index < -0.39 is 5.97 Å². The third kappa shape index (κ3) is 5.94. The number of hydrogen-bond donors (Lipinski definition) is 1. The summed E-state index contributed by atoms with van der Waals surface area (Å²) in [4.78, 5) is 29.1. The van der Waals surface area contributed by atoms with Crippen LogP contribution < -0.4 is 4.74 Å². The lowest BCUT2D eigenvalue weighted by Crippen LogP contribution is -2.11. The van der Waals surface area contributed by atoms with Crippen LogP contribution in [0.4, 0.5) is 0 Å². The van der Waals surface area contributed by atoms with Gasteiger partial charge in [0, 0.05) is 22.3 Å². The van der Waals surface area contributed by atoms with Gasteiger partial charge in [-0.3, -0.25) is 4.79 Å². The molecule has 2 aromatic rings. The fourth-order valence-corrected chi connectivity index (χ4v) is 3.00. The summed E-state index contributed by atoms with van der Waals surface area (Å²) >= 11 is 1.38. The monoisotopic (exact) mass is 398 g/mol. The van der Waals surface area contributed by atoms with Gasteiger partial charge in [0.25, 0.3) is 0 Å². The highest BCUT2D eigenvalue weighted by Crippen LogP contribution is 2.32. The summed E-state index contributed by atoms with van der Waals surface area (Å²) in [5, 5.41) is 21.6. The number of Topliss-reactive ketones (excluding diaryl/α,β-unsaturated/α-hetero) is 1. The van der Waals surface area contributed by atoms with Gasteiger partial charge in [0.05, 0.1) is 12.2 Å². The Morgan fingerprint density at radius 3 is 2.50 bits per heavy atom. The lowest BCUT2D eigenvalue weighted by Gasteiger charge is -2.08. The Morgan fingerprint density at radius 1 is 1.18 bits per heavy atom. The average molecular weight is 398 g/mol. The number of ketones is 1. The average Bonchev–Trinajstić information content (AvgIpc) is 2.71. The first-order valence-electron chi connectivity index (χ1n) is 8.27. The van der Waals surface area contributed by atoms with Crippen LogP contribution in [-0.4, -0.2) is 35.8 Å². The van der Waals surface area contributed by atoms with E-state index in [1.165, 1.54) is 25.6 Å². The van der Waals surface area contributed by atoms with Crippen LogP contribution in [0, 0.1) is 11.3 Å². The molecule has 0 atom stereocenters. The van der Waals surface area contributed by atoms with E-state index in [1.54, 1.807) is 42.5 Å². The van der Waals surface area contributed by atoms with Crippen molar-refractivity contribution in [3.8, 4) is 11.8 Å². The first kappa shape index (κ1) is 21.2. The molecule has 0 radical (unpaired) electrons. The first-order valence-corrected chi connectivity index (χ1v) is 9.09. The Balaban J connectivity index is 2.12. The number of aliphatic hydroxyl groups excluding tert-OH is 1. The van der Waals surface area contributed by atoms with Crippen molar-refractivity contribution in [2.45, 2.75) is 23.6 Å². The second-order valence-corrected chi connectivity index (χ2v) is 6.67. The summed E-state index contributed by atoms with van der Waals surface area (Å²) in [6.45, 7) is 2.73. The van der Waals surface area contributed by atoms with Gasteiger partial charge in [0.2, 0.25) is 5.78 Å². The summed E-state index contributed by atoms with van der Waals surface area (Å²) in [6, 6.07) is 14.0. The molecular weight excluding hydrogens is 380 g/mol. The molecule has 0 bridgehead atoms. The van der Waals surface area contributed by atoms with Crippen molar-refractivity contribution in [1.82, 2.24) is 0 Å².